The molecular formula is C22H18F3N5O3S. The average molecular weight is 489 g/mol. The number of rotatable bonds is 6. The minimum absolute atomic E-state index is 0.0385. The molecule has 0 aliphatic heterocycles. The van der Waals surface area contributed by atoms with Gasteiger partial charge < -0.3 is 4.74 Å². The van der Waals surface area contributed by atoms with Crippen molar-refractivity contribution in [3.63, 3.8) is 0 Å². The molecule has 0 saturated heterocycles. The number of nitriles is 1. The molecule has 1 aliphatic carbocycles. The molecule has 0 bridgehead atoms. The molecule has 12 heteroatoms. The number of pyridine rings is 3. The highest BCUT2D eigenvalue weighted by Crippen LogP contribution is 2.47. The normalized spacial score (nSPS) is 14.0. The molecule has 0 spiro atoms. The van der Waals surface area contributed by atoms with Gasteiger partial charge in [-0.25, -0.2) is 23.1 Å². The number of halogens is 3. The van der Waals surface area contributed by atoms with Crippen molar-refractivity contribution in [2.45, 2.75) is 36.8 Å². The number of aromatic nitrogens is 3. The van der Waals surface area contributed by atoms with Crippen molar-refractivity contribution in [3.05, 3.63) is 59.2 Å². The Bertz CT molecular complexity index is 1410. The highest BCUT2D eigenvalue weighted by Gasteiger charge is 2.38. The van der Waals surface area contributed by atoms with Crippen LogP contribution in [0.25, 0.3) is 11.3 Å². The molecule has 0 aromatic carbocycles. The third-order valence-electron chi connectivity index (χ3n) is 5.18. The molecule has 3 heterocycles. The fourth-order valence-corrected chi connectivity index (χ4v) is 4.10. The Morgan fingerprint density at radius 1 is 1.18 bits per heavy atom. The molecule has 1 aliphatic rings. The number of nitrogens with one attached hydrogen (secondary N) is 1. The first-order valence-electron chi connectivity index (χ1n) is 10.1. The lowest BCUT2D eigenvalue weighted by Crippen LogP contribution is -2.20. The molecule has 8 nitrogen and oxygen atoms in total. The lowest BCUT2D eigenvalue weighted by Gasteiger charge is -2.17. The standard InChI is InChI=1S/C22H18F3N5O3S/c1-12-7-18(22(23,24)25)30-19(14-3-4-14)20(12)33-21-17(34(31,32)27-2)6-5-16(29-21)15-8-13(9-26)10-28-11-15/h5-8,10-11,14,27H,3-4H2,1-2H3. The predicted octanol–water partition coefficient (Wildman–Crippen LogP) is 4.32. The molecule has 1 saturated carbocycles. The first-order valence-corrected chi connectivity index (χ1v) is 11.6. The Kier molecular flexibility index (Phi) is 6.01. The molecule has 34 heavy (non-hydrogen) atoms. The summed E-state index contributed by atoms with van der Waals surface area (Å²) in [5, 5.41) is 9.13. The smallest absolute Gasteiger partial charge is 0.433 e. The summed E-state index contributed by atoms with van der Waals surface area (Å²) in [6, 6.07) is 7.03. The summed E-state index contributed by atoms with van der Waals surface area (Å²) >= 11 is 0. The zero-order valence-corrected chi connectivity index (χ0v) is 18.8. The third-order valence-corrected chi connectivity index (χ3v) is 6.61. The Hall–Kier alpha value is -3.56. The maximum absolute atomic E-state index is 13.3. The van der Waals surface area contributed by atoms with E-state index in [-0.39, 0.29) is 45.0 Å². The highest BCUT2D eigenvalue weighted by molar-refractivity contribution is 7.89. The van der Waals surface area contributed by atoms with Gasteiger partial charge in [0, 0.05) is 23.9 Å². The van der Waals surface area contributed by atoms with Crippen molar-refractivity contribution in [2.24, 2.45) is 0 Å². The number of hydrogen-bond acceptors (Lipinski definition) is 7. The van der Waals surface area contributed by atoms with Crippen molar-refractivity contribution in [3.8, 4) is 29.0 Å². The second kappa shape index (κ2) is 8.66. The molecule has 0 atom stereocenters. The highest BCUT2D eigenvalue weighted by atomic mass is 32.2. The second-order valence-corrected chi connectivity index (χ2v) is 9.55. The maximum Gasteiger partial charge on any atom is 0.433 e. The first kappa shape index (κ1) is 23.6. The van der Waals surface area contributed by atoms with Gasteiger partial charge >= 0.3 is 6.18 Å². The number of nitrogens with zero attached hydrogens (tertiary/aromatic N) is 4. The van der Waals surface area contributed by atoms with Crippen molar-refractivity contribution in [1.29, 1.82) is 5.26 Å². The Balaban J connectivity index is 1.87. The monoisotopic (exact) mass is 489 g/mol. The Morgan fingerprint density at radius 2 is 1.91 bits per heavy atom. The lowest BCUT2D eigenvalue weighted by molar-refractivity contribution is -0.141. The topological polar surface area (TPSA) is 118 Å². The van der Waals surface area contributed by atoms with Crippen LogP contribution in [0, 0.1) is 18.3 Å². The van der Waals surface area contributed by atoms with Gasteiger partial charge in [0.05, 0.1) is 17.0 Å². The van der Waals surface area contributed by atoms with Gasteiger partial charge in [0.1, 0.15) is 16.7 Å². The maximum atomic E-state index is 13.3. The Morgan fingerprint density at radius 3 is 2.53 bits per heavy atom. The van der Waals surface area contributed by atoms with Crippen LogP contribution in [-0.2, 0) is 16.2 Å². The summed E-state index contributed by atoms with van der Waals surface area (Å²) in [5.41, 5.74) is 0.191. The van der Waals surface area contributed by atoms with Crippen molar-refractivity contribution in [2.75, 3.05) is 7.05 Å². The summed E-state index contributed by atoms with van der Waals surface area (Å²) in [6.45, 7) is 1.44. The lowest BCUT2D eigenvalue weighted by atomic mass is 10.1. The fraction of sp³-hybridized carbons (Fsp3) is 0.273. The molecule has 0 unspecified atom stereocenters. The Labute approximate surface area is 193 Å². The van der Waals surface area contributed by atoms with E-state index < -0.39 is 21.9 Å². The molecule has 1 fully saturated rings. The summed E-state index contributed by atoms with van der Waals surface area (Å²) in [7, 11) is -2.81. The van der Waals surface area contributed by atoms with Crippen LogP contribution in [-0.4, -0.2) is 30.4 Å². The fourth-order valence-electron chi connectivity index (χ4n) is 3.31. The van der Waals surface area contributed by atoms with Crippen LogP contribution in [0.3, 0.4) is 0 Å². The van der Waals surface area contributed by atoms with E-state index in [0.717, 1.165) is 6.07 Å². The molecule has 4 rings (SSSR count). The van der Waals surface area contributed by atoms with Gasteiger partial charge in [-0.15, -0.1) is 0 Å². The van der Waals surface area contributed by atoms with Crippen LogP contribution in [0.2, 0.25) is 0 Å². The first-order chi connectivity index (χ1) is 16.0. The van der Waals surface area contributed by atoms with E-state index in [2.05, 4.69) is 19.7 Å². The minimum Gasteiger partial charge on any atom is -0.435 e. The van der Waals surface area contributed by atoms with Gasteiger partial charge in [0.15, 0.2) is 5.75 Å². The average Bonchev–Trinajstić information content (AvgIpc) is 3.65. The van der Waals surface area contributed by atoms with Crippen molar-refractivity contribution in [1.82, 2.24) is 19.7 Å². The van der Waals surface area contributed by atoms with E-state index in [9.17, 15) is 21.6 Å². The molecule has 0 amide bonds. The molecule has 3 aromatic heterocycles. The van der Waals surface area contributed by atoms with E-state index in [1.807, 2.05) is 6.07 Å². The SMILES string of the molecule is CNS(=O)(=O)c1ccc(-c2cncc(C#N)c2)nc1Oc1c(C)cc(C(F)(F)F)nc1C1CC1. The van der Waals surface area contributed by atoms with Crippen molar-refractivity contribution >= 4 is 10.0 Å². The van der Waals surface area contributed by atoms with E-state index in [4.69, 9.17) is 10.00 Å². The van der Waals surface area contributed by atoms with Crippen LogP contribution in [0.5, 0.6) is 11.6 Å². The van der Waals surface area contributed by atoms with Gasteiger partial charge in [0.25, 0.3) is 0 Å². The molecule has 0 radical (unpaired) electrons. The molecule has 3 aromatic rings. The van der Waals surface area contributed by atoms with Crippen LogP contribution in [0.1, 0.15) is 41.3 Å². The van der Waals surface area contributed by atoms with Gasteiger partial charge in [-0.2, -0.15) is 18.4 Å². The van der Waals surface area contributed by atoms with Crippen LogP contribution >= 0.6 is 0 Å². The summed E-state index contributed by atoms with van der Waals surface area (Å²) in [6.07, 6.45) is -0.540. The summed E-state index contributed by atoms with van der Waals surface area (Å²) in [5.74, 6) is -0.516. The third kappa shape index (κ3) is 4.71. The molecule has 1 N–H and O–H groups in total. The van der Waals surface area contributed by atoms with Gasteiger partial charge in [-0.3, -0.25) is 4.98 Å². The summed E-state index contributed by atoms with van der Waals surface area (Å²) in [4.78, 5) is 11.8. The van der Waals surface area contributed by atoms with E-state index in [0.29, 0.717) is 18.4 Å². The second-order valence-electron chi connectivity index (χ2n) is 7.69. The van der Waals surface area contributed by atoms with Gasteiger partial charge in [-0.05, 0) is 56.6 Å². The summed E-state index contributed by atoms with van der Waals surface area (Å²) < 4.78 is 73.3. The van der Waals surface area contributed by atoms with E-state index in [1.54, 1.807) is 0 Å². The molecular weight excluding hydrogens is 471 g/mol. The van der Waals surface area contributed by atoms with Crippen LogP contribution in [0.15, 0.2) is 41.6 Å². The van der Waals surface area contributed by atoms with E-state index in [1.165, 1.54) is 44.6 Å². The number of sulfonamides is 1. The largest absolute Gasteiger partial charge is 0.435 e. The van der Waals surface area contributed by atoms with Gasteiger partial charge in [-0.1, -0.05) is 0 Å². The van der Waals surface area contributed by atoms with Crippen molar-refractivity contribution < 1.29 is 26.3 Å². The predicted molar refractivity (Wildman–Crippen MR) is 114 cm³/mol. The quantitative estimate of drug-likeness (QED) is 0.548. The van der Waals surface area contributed by atoms with Gasteiger partial charge in [0.2, 0.25) is 15.9 Å². The number of aryl methyl sites for hydroxylation is 1. The molecule has 176 valence electrons. The zero-order valence-electron chi connectivity index (χ0n) is 18.0. The number of ether oxygens (including phenoxy) is 1. The van der Waals surface area contributed by atoms with Crippen LogP contribution in [0.4, 0.5) is 13.2 Å². The zero-order chi connectivity index (χ0) is 24.7. The number of hydrogen-bond donors (Lipinski definition) is 1. The van der Waals surface area contributed by atoms with E-state index >= 15 is 0 Å². The minimum atomic E-state index is -4.63. The number of alkyl halides is 3. The van der Waals surface area contributed by atoms with Crippen LogP contribution < -0.4 is 9.46 Å².